The molecule has 0 spiro atoms. The minimum atomic E-state index is -0.113. The molecular formula is C11H27N3. The molecule has 0 aromatic rings. The summed E-state index contributed by atoms with van der Waals surface area (Å²) in [6.07, 6.45) is 8.44. The molecule has 0 aromatic carbocycles. The van der Waals surface area contributed by atoms with E-state index >= 15 is 0 Å². The first-order chi connectivity index (χ1) is 6.77. The van der Waals surface area contributed by atoms with Crippen LogP contribution in [0.5, 0.6) is 0 Å². The lowest BCUT2D eigenvalue weighted by Crippen LogP contribution is -2.29. The summed E-state index contributed by atoms with van der Waals surface area (Å²) in [7, 11) is 0. The van der Waals surface area contributed by atoms with Gasteiger partial charge in [0.2, 0.25) is 0 Å². The zero-order valence-electron chi connectivity index (χ0n) is 9.60. The molecule has 0 atom stereocenters. The Balaban J connectivity index is 2.85. The van der Waals surface area contributed by atoms with E-state index in [9.17, 15) is 0 Å². The smallest absolute Gasteiger partial charge is 0.0520 e. The van der Waals surface area contributed by atoms with Gasteiger partial charge in [-0.1, -0.05) is 32.6 Å². The van der Waals surface area contributed by atoms with Gasteiger partial charge < -0.3 is 16.8 Å². The number of hydrogen-bond acceptors (Lipinski definition) is 3. The van der Waals surface area contributed by atoms with Gasteiger partial charge >= 0.3 is 0 Å². The molecule has 3 heteroatoms. The van der Waals surface area contributed by atoms with E-state index in [1.807, 2.05) is 0 Å². The van der Waals surface area contributed by atoms with Gasteiger partial charge in [-0.25, -0.2) is 0 Å². The van der Waals surface area contributed by atoms with E-state index in [-0.39, 0.29) is 6.17 Å². The molecule has 86 valence electrons. The standard InChI is InChI=1S/C11H27N3/c1-2-3-9-14-10-7-5-4-6-8-11(12)13/h11,14H,2-10,12-13H2,1H3. The summed E-state index contributed by atoms with van der Waals surface area (Å²) in [4.78, 5) is 0. The van der Waals surface area contributed by atoms with Crippen molar-refractivity contribution in [2.75, 3.05) is 13.1 Å². The van der Waals surface area contributed by atoms with Crippen molar-refractivity contribution in [2.45, 2.75) is 58.0 Å². The van der Waals surface area contributed by atoms with Crippen LogP contribution in [0, 0.1) is 0 Å². The Morgan fingerprint density at radius 2 is 1.57 bits per heavy atom. The Morgan fingerprint density at radius 1 is 0.929 bits per heavy atom. The SMILES string of the molecule is CCCCNCCCCCCC(N)N. The highest BCUT2D eigenvalue weighted by atomic mass is 14.8. The van der Waals surface area contributed by atoms with Crippen molar-refractivity contribution < 1.29 is 0 Å². The summed E-state index contributed by atoms with van der Waals surface area (Å²) in [6.45, 7) is 4.55. The van der Waals surface area contributed by atoms with Gasteiger partial charge in [-0.05, 0) is 32.4 Å². The third kappa shape index (κ3) is 11.9. The second kappa shape index (κ2) is 11.0. The summed E-state index contributed by atoms with van der Waals surface area (Å²) in [5, 5.41) is 3.44. The average molecular weight is 201 g/mol. The molecule has 0 radical (unpaired) electrons. The van der Waals surface area contributed by atoms with Crippen LogP contribution in [-0.2, 0) is 0 Å². The molecule has 0 aliphatic carbocycles. The van der Waals surface area contributed by atoms with Crippen molar-refractivity contribution in [3.05, 3.63) is 0 Å². The fraction of sp³-hybridized carbons (Fsp3) is 1.00. The van der Waals surface area contributed by atoms with Gasteiger partial charge in [0.15, 0.2) is 0 Å². The Hall–Kier alpha value is -0.120. The zero-order chi connectivity index (χ0) is 10.6. The Bertz CT molecular complexity index is 105. The van der Waals surface area contributed by atoms with Crippen molar-refractivity contribution in [3.8, 4) is 0 Å². The molecule has 14 heavy (non-hydrogen) atoms. The number of unbranched alkanes of at least 4 members (excludes halogenated alkanes) is 4. The van der Waals surface area contributed by atoms with Crippen LogP contribution in [0.3, 0.4) is 0 Å². The molecule has 0 bridgehead atoms. The minimum absolute atomic E-state index is 0.113. The molecular weight excluding hydrogens is 174 g/mol. The van der Waals surface area contributed by atoms with Gasteiger partial charge in [0.25, 0.3) is 0 Å². The monoisotopic (exact) mass is 201 g/mol. The van der Waals surface area contributed by atoms with Gasteiger partial charge in [-0.2, -0.15) is 0 Å². The summed E-state index contributed by atoms with van der Waals surface area (Å²) in [6, 6.07) is 0. The fourth-order valence-electron chi connectivity index (χ4n) is 1.41. The maximum Gasteiger partial charge on any atom is 0.0520 e. The Kier molecular flexibility index (Phi) is 10.9. The predicted molar refractivity (Wildman–Crippen MR) is 63.0 cm³/mol. The summed E-state index contributed by atoms with van der Waals surface area (Å²) in [5.74, 6) is 0. The maximum absolute atomic E-state index is 5.45. The van der Waals surface area contributed by atoms with Crippen LogP contribution in [0.4, 0.5) is 0 Å². The van der Waals surface area contributed by atoms with Crippen molar-refractivity contribution in [3.63, 3.8) is 0 Å². The third-order valence-corrected chi connectivity index (χ3v) is 2.35. The van der Waals surface area contributed by atoms with Crippen LogP contribution < -0.4 is 16.8 Å². The van der Waals surface area contributed by atoms with Gasteiger partial charge in [-0.3, -0.25) is 0 Å². The predicted octanol–water partition coefficient (Wildman–Crippen LogP) is 1.57. The lowest BCUT2D eigenvalue weighted by molar-refractivity contribution is 0.536. The number of nitrogens with one attached hydrogen (secondary N) is 1. The highest BCUT2D eigenvalue weighted by molar-refractivity contribution is 4.53. The van der Waals surface area contributed by atoms with Gasteiger partial charge in [-0.15, -0.1) is 0 Å². The van der Waals surface area contributed by atoms with Crippen LogP contribution in [0.25, 0.3) is 0 Å². The topological polar surface area (TPSA) is 64.1 Å². The largest absolute Gasteiger partial charge is 0.317 e. The lowest BCUT2D eigenvalue weighted by Gasteiger charge is -2.05. The molecule has 0 rings (SSSR count). The van der Waals surface area contributed by atoms with E-state index in [0.717, 1.165) is 13.0 Å². The van der Waals surface area contributed by atoms with Crippen LogP contribution in [-0.4, -0.2) is 19.3 Å². The molecule has 0 heterocycles. The van der Waals surface area contributed by atoms with Crippen molar-refractivity contribution >= 4 is 0 Å². The van der Waals surface area contributed by atoms with Crippen LogP contribution in [0.1, 0.15) is 51.9 Å². The van der Waals surface area contributed by atoms with Crippen LogP contribution in [0.2, 0.25) is 0 Å². The average Bonchev–Trinajstić information content (AvgIpc) is 2.15. The van der Waals surface area contributed by atoms with Gasteiger partial charge in [0.05, 0.1) is 6.17 Å². The van der Waals surface area contributed by atoms with Crippen LogP contribution >= 0.6 is 0 Å². The van der Waals surface area contributed by atoms with Crippen molar-refractivity contribution in [1.82, 2.24) is 5.32 Å². The Morgan fingerprint density at radius 3 is 2.21 bits per heavy atom. The molecule has 5 N–H and O–H groups in total. The first kappa shape index (κ1) is 13.9. The maximum atomic E-state index is 5.45. The fourth-order valence-corrected chi connectivity index (χ4v) is 1.41. The van der Waals surface area contributed by atoms with E-state index in [1.165, 1.54) is 45.1 Å². The summed E-state index contributed by atoms with van der Waals surface area (Å²) < 4.78 is 0. The first-order valence-corrected chi connectivity index (χ1v) is 5.99. The van der Waals surface area contributed by atoms with E-state index in [4.69, 9.17) is 11.5 Å². The summed E-state index contributed by atoms with van der Waals surface area (Å²) >= 11 is 0. The highest BCUT2D eigenvalue weighted by Crippen LogP contribution is 2.02. The molecule has 0 aromatic heterocycles. The third-order valence-electron chi connectivity index (χ3n) is 2.35. The number of rotatable bonds is 10. The lowest BCUT2D eigenvalue weighted by atomic mass is 10.1. The molecule has 0 saturated carbocycles. The zero-order valence-corrected chi connectivity index (χ0v) is 9.60. The Labute approximate surface area is 88.6 Å². The quantitative estimate of drug-likeness (QED) is 0.371. The van der Waals surface area contributed by atoms with E-state index < -0.39 is 0 Å². The van der Waals surface area contributed by atoms with Gasteiger partial charge in [0.1, 0.15) is 0 Å². The molecule has 0 amide bonds. The van der Waals surface area contributed by atoms with Gasteiger partial charge in [0, 0.05) is 0 Å². The normalized spacial score (nSPS) is 11.1. The van der Waals surface area contributed by atoms with Crippen LogP contribution in [0.15, 0.2) is 0 Å². The van der Waals surface area contributed by atoms with E-state index in [1.54, 1.807) is 0 Å². The van der Waals surface area contributed by atoms with Crippen molar-refractivity contribution in [1.29, 1.82) is 0 Å². The minimum Gasteiger partial charge on any atom is -0.317 e. The summed E-state index contributed by atoms with van der Waals surface area (Å²) in [5.41, 5.74) is 10.9. The number of hydrogen-bond donors (Lipinski definition) is 3. The molecule has 0 aliphatic heterocycles. The van der Waals surface area contributed by atoms with E-state index in [2.05, 4.69) is 12.2 Å². The molecule has 0 fully saturated rings. The van der Waals surface area contributed by atoms with E-state index in [0.29, 0.717) is 0 Å². The number of nitrogens with two attached hydrogens (primary N) is 2. The second-order valence-corrected chi connectivity index (χ2v) is 3.97. The second-order valence-electron chi connectivity index (χ2n) is 3.97. The molecule has 0 saturated heterocycles. The highest BCUT2D eigenvalue weighted by Gasteiger charge is 1.94. The molecule has 0 aliphatic rings. The molecule has 0 unspecified atom stereocenters. The van der Waals surface area contributed by atoms with Crippen molar-refractivity contribution in [2.24, 2.45) is 11.5 Å². The first-order valence-electron chi connectivity index (χ1n) is 5.99. The molecule has 3 nitrogen and oxygen atoms in total.